The highest BCUT2D eigenvalue weighted by molar-refractivity contribution is 5.92. The van der Waals surface area contributed by atoms with Crippen LogP contribution >= 0.6 is 0 Å². The number of ether oxygens (including phenoxy) is 1. The standard InChI is InChI=1S/C20H25NO2/c1-13-10-15(3)20(16(4)11-13)21-19(22)9-7-17-6-8-18(23-5)14(2)12-17/h6,8,10-12H,7,9H2,1-5H3,(H,21,22). The van der Waals surface area contributed by atoms with Crippen molar-refractivity contribution in [3.63, 3.8) is 0 Å². The van der Waals surface area contributed by atoms with Crippen molar-refractivity contribution in [2.45, 2.75) is 40.5 Å². The maximum Gasteiger partial charge on any atom is 0.224 e. The number of rotatable bonds is 5. The topological polar surface area (TPSA) is 38.3 Å². The molecule has 2 aromatic rings. The van der Waals surface area contributed by atoms with Gasteiger partial charge in [0, 0.05) is 12.1 Å². The zero-order chi connectivity index (χ0) is 17.0. The molecule has 3 nitrogen and oxygen atoms in total. The van der Waals surface area contributed by atoms with E-state index in [1.54, 1.807) is 7.11 Å². The number of anilines is 1. The first-order valence-electron chi connectivity index (χ1n) is 7.92. The summed E-state index contributed by atoms with van der Waals surface area (Å²) in [6.45, 7) is 8.14. The minimum Gasteiger partial charge on any atom is -0.496 e. The Hall–Kier alpha value is -2.29. The molecule has 0 saturated heterocycles. The molecular formula is C20H25NO2. The highest BCUT2D eigenvalue weighted by Crippen LogP contribution is 2.23. The lowest BCUT2D eigenvalue weighted by atomic mass is 10.0. The van der Waals surface area contributed by atoms with Gasteiger partial charge in [-0.15, -0.1) is 0 Å². The van der Waals surface area contributed by atoms with Crippen LogP contribution in [0, 0.1) is 27.7 Å². The molecule has 3 heteroatoms. The molecule has 1 amide bonds. The Morgan fingerprint density at radius 2 is 1.65 bits per heavy atom. The zero-order valence-corrected chi connectivity index (χ0v) is 14.6. The second-order valence-corrected chi connectivity index (χ2v) is 6.13. The molecule has 0 aliphatic heterocycles. The quantitative estimate of drug-likeness (QED) is 0.883. The van der Waals surface area contributed by atoms with Crippen molar-refractivity contribution in [1.82, 2.24) is 0 Å². The van der Waals surface area contributed by atoms with Crippen LogP contribution in [0.2, 0.25) is 0 Å². The maximum absolute atomic E-state index is 12.2. The first-order valence-corrected chi connectivity index (χ1v) is 7.92. The van der Waals surface area contributed by atoms with Crippen LogP contribution in [0.4, 0.5) is 5.69 Å². The Morgan fingerprint density at radius 3 is 2.22 bits per heavy atom. The van der Waals surface area contributed by atoms with E-state index in [-0.39, 0.29) is 5.91 Å². The van der Waals surface area contributed by atoms with E-state index in [9.17, 15) is 4.79 Å². The molecule has 0 aliphatic carbocycles. The molecule has 0 radical (unpaired) electrons. The van der Waals surface area contributed by atoms with Crippen LogP contribution in [0.3, 0.4) is 0 Å². The number of benzene rings is 2. The molecular weight excluding hydrogens is 286 g/mol. The van der Waals surface area contributed by atoms with Crippen LogP contribution in [0.15, 0.2) is 30.3 Å². The van der Waals surface area contributed by atoms with Crippen molar-refractivity contribution in [2.75, 3.05) is 12.4 Å². The summed E-state index contributed by atoms with van der Waals surface area (Å²) in [6, 6.07) is 10.2. The fourth-order valence-corrected chi connectivity index (χ4v) is 2.93. The molecule has 0 unspecified atom stereocenters. The summed E-state index contributed by atoms with van der Waals surface area (Å²) < 4.78 is 5.26. The van der Waals surface area contributed by atoms with E-state index in [2.05, 4.69) is 30.4 Å². The third kappa shape index (κ3) is 4.35. The van der Waals surface area contributed by atoms with E-state index in [0.717, 1.165) is 40.1 Å². The summed E-state index contributed by atoms with van der Waals surface area (Å²) in [6.07, 6.45) is 1.19. The lowest BCUT2D eigenvalue weighted by Gasteiger charge is -2.13. The van der Waals surface area contributed by atoms with Crippen LogP contribution in [0.1, 0.15) is 34.2 Å². The third-order valence-electron chi connectivity index (χ3n) is 4.04. The van der Waals surface area contributed by atoms with Crippen LogP contribution in [0.5, 0.6) is 5.75 Å². The summed E-state index contributed by atoms with van der Waals surface area (Å²) in [5, 5.41) is 3.05. The average Bonchev–Trinajstić information content (AvgIpc) is 2.49. The lowest BCUT2D eigenvalue weighted by molar-refractivity contribution is -0.116. The average molecular weight is 311 g/mol. The van der Waals surface area contributed by atoms with E-state index in [0.29, 0.717) is 6.42 Å². The fourth-order valence-electron chi connectivity index (χ4n) is 2.93. The molecule has 0 spiro atoms. The predicted octanol–water partition coefficient (Wildman–Crippen LogP) is 4.50. The minimum atomic E-state index is 0.0496. The number of hydrogen-bond acceptors (Lipinski definition) is 2. The van der Waals surface area contributed by atoms with E-state index in [1.165, 1.54) is 5.56 Å². The smallest absolute Gasteiger partial charge is 0.224 e. The van der Waals surface area contributed by atoms with Crippen molar-refractivity contribution in [3.8, 4) is 5.75 Å². The van der Waals surface area contributed by atoms with E-state index >= 15 is 0 Å². The Balaban J connectivity index is 1.99. The number of carbonyl (C=O) groups is 1. The van der Waals surface area contributed by atoms with Crippen molar-refractivity contribution in [3.05, 3.63) is 58.1 Å². The molecule has 122 valence electrons. The first-order chi connectivity index (χ1) is 10.9. The molecule has 1 N–H and O–H groups in total. The van der Waals surface area contributed by atoms with Crippen LogP contribution < -0.4 is 10.1 Å². The summed E-state index contributed by atoms with van der Waals surface area (Å²) in [4.78, 5) is 12.2. The highest BCUT2D eigenvalue weighted by atomic mass is 16.5. The van der Waals surface area contributed by atoms with Gasteiger partial charge < -0.3 is 10.1 Å². The molecule has 2 aromatic carbocycles. The molecule has 0 heterocycles. The van der Waals surface area contributed by atoms with Crippen LogP contribution in [0.25, 0.3) is 0 Å². The Morgan fingerprint density at radius 1 is 1.00 bits per heavy atom. The van der Waals surface area contributed by atoms with E-state index in [1.807, 2.05) is 32.9 Å². The van der Waals surface area contributed by atoms with Crippen molar-refractivity contribution in [2.24, 2.45) is 0 Å². The fraction of sp³-hybridized carbons (Fsp3) is 0.350. The second-order valence-electron chi connectivity index (χ2n) is 6.13. The zero-order valence-electron chi connectivity index (χ0n) is 14.6. The van der Waals surface area contributed by atoms with Gasteiger partial charge in [0.25, 0.3) is 0 Å². The van der Waals surface area contributed by atoms with Gasteiger partial charge in [0.2, 0.25) is 5.91 Å². The van der Waals surface area contributed by atoms with Gasteiger partial charge in [0.1, 0.15) is 5.75 Å². The summed E-state index contributed by atoms with van der Waals surface area (Å²) in [5.74, 6) is 0.928. The number of aryl methyl sites for hydroxylation is 5. The van der Waals surface area contributed by atoms with Gasteiger partial charge in [-0.3, -0.25) is 4.79 Å². The van der Waals surface area contributed by atoms with Gasteiger partial charge in [-0.1, -0.05) is 29.8 Å². The van der Waals surface area contributed by atoms with Gasteiger partial charge in [-0.2, -0.15) is 0 Å². The largest absolute Gasteiger partial charge is 0.496 e. The van der Waals surface area contributed by atoms with Crippen molar-refractivity contribution < 1.29 is 9.53 Å². The number of carbonyl (C=O) groups excluding carboxylic acids is 1. The second kappa shape index (κ2) is 7.32. The summed E-state index contributed by atoms with van der Waals surface area (Å²) in [7, 11) is 1.67. The third-order valence-corrected chi connectivity index (χ3v) is 4.04. The lowest BCUT2D eigenvalue weighted by Crippen LogP contribution is -2.14. The first kappa shape index (κ1) is 17.1. The summed E-state index contributed by atoms with van der Waals surface area (Å²) in [5.41, 5.74) is 6.61. The van der Waals surface area contributed by atoms with Crippen LogP contribution in [-0.2, 0) is 11.2 Å². The van der Waals surface area contributed by atoms with Gasteiger partial charge in [-0.05, 0) is 62.4 Å². The predicted molar refractivity (Wildman–Crippen MR) is 95.3 cm³/mol. The molecule has 2 rings (SSSR count). The number of methoxy groups -OCH3 is 1. The van der Waals surface area contributed by atoms with Gasteiger partial charge >= 0.3 is 0 Å². The molecule has 0 bridgehead atoms. The molecule has 0 aromatic heterocycles. The van der Waals surface area contributed by atoms with E-state index < -0.39 is 0 Å². The molecule has 0 saturated carbocycles. The normalized spacial score (nSPS) is 10.5. The Labute approximate surface area is 138 Å². The number of nitrogens with one attached hydrogen (secondary N) is 1. The molecule has 0 atom stereocenters. The Kier molecular flexibility index (Phi) is 5.43. The maximum atomic E-state index is 12.2. The number of hydrogen-bond donors (Lipinski definition) is 1. The van der Waals surface area contributed by atoms with Gasteiger partial charge in [0.05, 0.1) is 7.11 Å². The number of amides is 1. The van der Waals surface area contributed by atoms with Crippen LogP contribution in [-0.4, -0.2) is 13.0 Å². The molecule has 0 aliphatic rings. The summed E-state index contributed by atoms with van der Waals surface area (Å²) >= 11 is 0. The van der Waals surface area contributed by atoms with Crippen molar-refractivity contribution in [1.29, 1.82) is 0 Å². The molecule has 23 heavy (non-hydrogen) atoms. The minimum absolute atomic E-state index is 0.0496. The van der Waals surface area contributed by atoms with E-state index in [4.69, 9.17) is 4.74 Å². The SMILES string of the molecule is COc1ccc(CCC(=O)Nc2c(C)cc(C)cc2C)cc1C. The molecule has 0 fully saturated rings. The van der Waals surface area contributed by atoms with Gasteiger partial charge in [-0.25, -0.2) is 0 Å². The highest BCUT2D eigenvalue weighted by Gasteiger charge is 2.09. The van der Waals surface area contributed by atoms with Crippen molar-refractivity contribution >= 4 is 11.6 Å². The Bertz CT molecular complexity index is 697. The van der Waals surface area contributed by atoms with Gasteiger partial charge in [0.15, 0.2) is 0 Å². The monoisotopic (exact) mass is 311 g/mol.